The minimum Gasteiger partial charge on any atom is -0.406 e. The molecule has 0 radical (unpaired) electrons. The smallest absolute Gasteiger partial charge is 0.406 e. The van der Waals surface area contributed by atoms with Gasteiger partial charge in [-0.3, -0.25) is 0 Å². The number of hydrogen-bond acceptors (Lipinski definition) is 1. The maximum absolute atomic E-state index is 12.1. The molecule has 1 saturated carbocycles. The maximum atomic E-state index is 12.1. The summed E-state index contributed by atoms with van der Waals surface area (Å²) < 4.78 is 40.1. The van der Waals surface area contributed by atoms with Crippen LogP contribution in [0.3, 0.4) is 0 Å². The van der Waals surface area contributed by atoms with E-state index in [0.29, 0.717) is 11.8 Å². The zero-order valence-corrected chi connectivity index (χ0v) is 11.6. The fraction of sp³-hybridized carbons (Fsp3) is 0.467. The van der Waals surface area contributed by atoms with Crippen molar-refractivity contribution in [3.63, 3.8) is 0 Å². The highest BCUT2D eigenvalue weighted by Crippen LogP contribution is 2.37. The van der Waals surface area contributed by atoms with Crippen LogP contribution in [0.25, 0.3) is 0 Å². The third-order valence-corrected chi connectivity index (χ3v) is 3.85. The van der Waals surface area contributed by atoms with Crippen LogP contribution in [0.1, 0.15) is 37.2 Å². The molecule has 1 nitrogen and oxygen atoms in total. The van der Waals surface area contributed by atoms with Crippen LogP contribution < -0.4 is 4.74 Å². The van der Waals surface area contributed by atoms with Gasteiger partial charge >= 0.3 is 6.36 Å². The molecule has 0 aromatic heterocycles. The summed E-state index contributed by atoms with van der Waals surface area (Å²) in [7, 11) is 0. The molecule has 1 aromatic rings. The van der Waals surface area contributed by atoms with Gasteiger partial charge in [-0.2, -0.15) is 0 Å². The molecule has 0 atom stereocenters. The number of ether oxygens (including phenoxy) is 1. The lowest BCUT2D eigenvalue weighted by atomic mass is 9.79. The van der Waals surface area contributed by atoms with Crippen molar-refractivity contribution in [3.8, 4) is 5.75 Å². The highest BCUT2D eigenvalue weighted by Gasteiger charge is 2.31. The second kappa shape index (κ2) is 6.53. The summed E-state index contributed by atoms with van der Waals surface area (Å²) in [6, 6.07) is 6.22. The molecule has 0 spiro atoms. The lowest BCUT2D eigenvalue weighted by Crippen LogP contribution is -2.17. The van der Waals surface area contributed by atoms with Crippen LogP contribution in [0.2, 0.25) is 0 Å². The van der Waals surface area contributed by atoms with Crippen LogP contribution in [0.4, 0.5) is 13.2 Å². The minimum atomic E-state index is -4.63. The van der Waals surface area contributed by atoms with Crippen molar-refractivity contribution in [2.45, 2.75) is 38.0 Å². The van der Waals surface area contributed by atoms with Crippen LogP contribution in [-0.2, 0) is 0 Å². The molecule has 0 amide bonds. The van der Waals surface area contributed by atoms with Crippen molar-refractivity contribution in [1.29, 1.82) is 0 Å². The molecule has 1 fully saturated rings. The maximum Gasteiger partial charge on any atom is 0.573 e. The molecular formula is C15H16ClF3O. The average molecular weight is 305 g/mol. The molecule has 0 heterocycles. The normalized spacial score (nSPS) is 24.0. The minimum absolute atomic E-state index is 0.167. The van der Waals surface area contributed by atoms with Gasteiger partial charge in [0.25, 0.3) is 0 Å². The summed E-state index contributed by atoms with van der Waals surface area (Å²) in [6.07, 6.45) is 1.58. The summed E-state index contributed by atoms with van der Waals surface area (Å²) in [4.78, 5) is 0. The monoisotopic (exact) mass is 304 g/mol. The first-order chi connectivity index (χ1) is 9.48. The summed E-state index contributed by atoms with van der Waals surface area (Å²) >= 11 is 5.57. The van der Waals surface area contributed by atoms with E-state index in [9.17, 15) is 13.2 Å². The average Bonchev–Trinajstić information content (AvgIpc) is 2.39. The molecule has 20 heavy (non-hydrogen) atoms. The number of alkyl halides is 3. The number of rotatable bonds is 3. The molecule has 2 rings (SSSR count). The Morgan fingerprint density at radius 1 is 1.05 bits per heavy atom. The molecule has 0 bridgehead atoms. The van der Waals surface area contributed by atoms with Gasteiger partial charge in [0.2, 0.25) is 0 Å². The van der Waals surface area contributed by atoms with E-state index in [0.717, 1.165) is 31.2 Å². The zero-order chi connectivity index (χ0) is 14.6. The van der Waals surface area contributed by atoms with E-state index in [1.807, 2.05) is 6.08 Å². The molecule has 110 valence electrons. The van der Waals surface area contributed by atoms with Gasteiger partial charge in [0.05, 0.1) is 0 Å². The van der Waals surface area contributed by atoms with Crippen molar-refractivity contribution in [2.75, 3.05) is 0 Å². The Morgan fingerprint density at radius 3 is 2.15 bits per heavy atom. The molecule has 5 heteroatoms. The number of allylic oxidation sites excluding steroid dienone is 1. The molecule has 0 aliphatic heterocycles. The Bertz CT molecular complexity index is 445. The Morgan fingerprint density at radius 2 is 1.65 bits per heavy atom. The lowest BCUT2D eigenvalue weighted by molar-refractivity contribution is -0.274. The predicted octanol–water partition coefficient (Wildman–Crippen LogP) is 5.61. The third-order valence-electron chi connectivity index (χ3n) is 3.70. The Kier molecular flexibility index (Phi) is 4.97. The first kappa shape index (κ1) is 15.2. The van der Waals surface area contributed by atoms with Crippen LogP contribution in [0, 0.1) is 5.92 Å². The van der Waals surface area contributed by atoms with Gasteiger partial charge in [-0.15, -0.1) is 13.2 Å². The van der Waals surface area contributed by atoms with E-state index >= 15 is 0 Å². The SMILES string of the molecule is FC(F)(F)Oc1ccc(C2CCC(/C=C/Cl)CC2)cc1. The fourth-order valence-corrected chi connectivity index (χ4v) is 2.90. The van der Waals surface area contributed by atoms with E-state index in [-0.39, 0.29) is 5.75 Å². The van der Waals surface area contributed by atoms with Gasteiger partial charge in [0.1, 0.15) is 5.75 Å². The largest absolute Gasteiger partial charge is 0.573 e. The Balaban J connectivity index is 1.94. The number of hydrogen-bond donors (Lipinski definition) is 0. The quantitative estimate of drug-likeness (QED) is 0.705. The standard InChI is InChI=1S/C15H16ClF3O/c16-10-9-11-1-3-12(4-2-11)13-5-7-14(8-6-13)20-15(17,18)19/h5-12H,1-4H2/b10-9+. The predicted molar refractivity (Wildman–Crippen MR) is 72.8 cm³/mol. The topological polar surface area (TPSA) is 9.23 Å². The van der Waals surface area contributed by atoms with Crippen molar-refractivity contribution in [1.82, 2.24) is 0 Å². The highest BCUT2D eigenvalue weighted by molar-refractivity contribution is 6.25. The zero-order valence-electron chi connectivity index (χ0n) is 10.9. The summed E-state index contributed by atoms with van der Waals surface area (Å²) in [5.74, 6) is 0.770. The lowest BCUT2D eigenvalue weighted by Gasteiger charge is -2.27. The second-order valence-electron chi connectivity index (χ2n) is 5.05. The molecule has 0 unspecified atom stereocenters. The van der Waals surface area contributed by atoms with Gasteiger partial charge in [-0.25, -0.2) is 0 Å². The summed E-state index contributed by atoms with van der Waals surface area (Å²) in [5, 5.41) is 0. The first-order valence-electron chi connectivity index (χ1n) is 6.60. The van der Waals surface area contributed by atoms with Crippen molar-refractivity contribution in [3.05, 3.63) is 41.4 Å². The highest BCUT2D eigenvalue weighted by atomic mass is 35.5. The van der Waals surface area contributed by atoms with E-state index < -0.39 is 6.36 Å². The Labute approximate surface area is 121 Å². The van der Waals surface area contributed by atoms with E-state index in [1.54, 1.807) is 17.7 Å². The Hall–Kier alpha value is -1.16. The van der Waals surface area contributed by atoms with Gasteiger partial charge in [0.15, 0.2) is 0 Å². The number of benzene rings is 1. The van der Waals surface area contributed by atoms with Gasteiger partial charge in [-0.05, 0) is 55.2 Å². The van der Waals surface area contributed by atoms with Crippen LogP contribution in [0.15, 0.2) is 35.9 Å². The number of halogens is 4. The molecular weight excluding hydrogens is 289 g/mol. The summed E-state index contributed by atoms with van der Waals surface area (Å²) in [5.41, 5.74) is 2.64. The van der Waals surface area contributed by atoms with Crippen molar-refractivity contribution >= 4 is 11.6 Å². The third kappa shape index (κ3) is 4.44. The summed E-state index contributed by atoms with van der Waals surface area (Å²) in [6.45, 7) is 0. The second-order valence-corrected chi connectivity index (χ2v) is 5.30. The molecule has 0 saturated heterocycles. The van der Waals surface area contributed by atoms with Crippen LogP contribution in [-0.4, -0.2) is 6.36 Å². The molecule has 1 aliphatic carbocycles. The first-order valence-corrected chi connectivity index (χ1v) is 7.04. The van der Waals surface area contributed by atoms with E-state index in [4.69, 9.17) is 11.6 Å². The van der Waals surface area contributed by atoms with Crippen LogP contribution >= 0.6 is 11.6 Å². The van der Waals surface area contributed by atoms with Crippen molar-refractivity contribution < 1.29 is 17.9 Å². The fourth-order valence-electron chi connectivity index (χ4n) is 2.69. The van der Waals surface area contributed by atoms with Crippen molar-refractivity contribution in [2.24, 2.45) is 5.92 Å². The van der Waals surface area contributed by atoms with E-state index in [2.05, 4.69) is 4.74 Å². The molecule has 1 aliphatic rings. The van der Waals surface area contributed by atoms with Gasteiger partial charge < -0.3 is 4.74 Å². The van der Waals surface area contributed by atoms with Gasteiger partial charge in [0, 0.05) is 5.54 Å². The van der Waals surface area contributed by atoms with Gasteiger partial charge in [-0.1, -0.05) is 29.8 Å². The molecule has 1 aromatic carbocycles. The van der Waals surface area contributed by atoms with E-state index in [1.165, 1.54) is 12.1 Å². The molecule has 0 N–H and O–H groups in total. The van der Waals surface area contributed by atoms with Crippen LogP contribution in [0.5, 0.6) is 5.75 Å².